The lowest BCUT2D eigenvalue weighted by atomic mass is 9.79. The van der Waals surface area contributed by atoms with E-state index in [-0.39, 0.29) is 11.4 Å². The Balaban J connectivity index is 1.83. The second-order valence-electron chi connectivity index (χ2n) is 7.80. The van der Waals surface area contributed by atoms with Gasteiger partial charge in [0.1, 0.15) is 0 Å². The minimum Gasteiger partial charge on any atom is -0.366 e. The van der Waals surface area contributed by atoms with Gasteiger partial charge in [-0.2, -0.15) is 5.10 Å². The van der Waals surface area contributed by atoms with E-state index in [0.717, 1.165) is 23.0 Å². The normalized spacial score (nSPS) is 18.2. The number of halogens is 2. The summed E-state index contributed by atoms with van der Waals surface area (Å²) >= 11 is 9.90. The summed E-state index contributed by atoms with van der Waals surface area (Å²) < 4.78 is 0.847. The van der Waals surface area contributed by atoms with Crippen LogP contribution in [0.5, 0.6) is 0 Å². The Labute approximate surface area is 180 Å². The molecule has 2 aromatic carbocycles. The maximum atomic E-state index is 12.2. The molecule has 2 aromatic rings. The first-order valence-corrected chi connectivity index (χ1v) is 10.6. The number of carbonyl (C=O) groups is 1. The maximum Gasteiger partial charge on any atom is 0.271 e. The summed E-state index contributed by atoms with van der Waals surface area (Å²) in [5, 5.41) is 4.74. The Kier molecular flexibility index (Phi) is 6.15. The number of anilines is 1. The standard InChI is InChI=1S/C22H25BrClN3O/c1-5-27-20-11-19(24)16(10-18(20)14(2)12-22(27,3)4)13-25-26-21(28)15-7-6-8-17(23)9-15/h6-11,13-14H,5,12H2,1-4H3,(H,26,28)/b25-13-. The number of hydrogen-bond acceptors (Lipinski definition) is 3. The van der Waals surface area contributed by atoms with Crippen molar-refractivity contribution in [2.24, 2.45) is 5.10 Å². The van der Waals surface area contributed by atoms with Gasteiger partial charge in [-0.3, -0.25) is 4.79 Å². The molecule has 1 amide bonds. The fourth-order valence-electron chi connectivity index (χ4n) is 4.07. The Morgan fingerprint density at radius 3 is 2.82 bits per heavy atom. The first kappa shape index (κ1) is 20.9. The molecule has 148 valence electrons. The van der Waals surface area contributed by atoms with Gasteiger partial charge in [-0.25, -0.2) is 5.43 Å². The topological polar surface area (TPSA) is 44.7 Å². The van der Waals surface area contributed by atoms with Crippen molar-refractivity contribution in [1.82, 2.24) is 5.43 Å². The van der Waals surface area contributed by atoms with E-state index in [1.165, 1.54) is 11.3 Å². The van der Waals surface area contributed by atoms with E-state index in [9.17, 15) is 4.79 Å². The number of benzene rings is 2. The number of carbonyl (C=O) groups excluding carboxylic acids is 1. The average molecular weight is 463 g/mol. The quantitative estimate of drug-likeness (QED) is 0.449. The third-order valence-corrected chi connectivity index (χ3v) is 6.10. The molecule has 0 saturated carbocycles. The Hall–Kier alpha value is -1.85. The summed E-state index contributed by atoms with van der Waals surface area (Å²) in [4.78, 5) is 14.6. The number of hydrogen-bond donors (Lipinski definition) is 1. The molecule has 3 rings (SSSR count). The molecule has 0 spiro atoms. The molecule has 1 atom stereocenters. The number of nitrogens with one attached hydrogen (secondary N) is 1. The molecular formula is C22H25BrClN3O. The Morgan fingerprint density at radius 2 is 2.14 bits per heavy atom. The molecule has 6 heteroatoms. The predicted molar refractivity (Wildman–Crippen MR) is 121 cm³/mol. The molecule has 1 heterocycles. The first-order chi connectivity index (χ1) is 13.2. The highest BCUT2D eigenvalue weighted by atomic mass is 79.9. The highest BCUT2D eigenvalue weighted by Gasteiger charge is 2.35. The van der Waals surface area contributed by atoms with E-state index in [4.69, 9.17) is 11.6 Å². The zero-order valence-electron chi connectivity index (χ0n) is 16.6. The predicted octanol–water partition coefficient (Wildman–Crippen LogP) is 5.98. The van der Waals surface area contributed by atoms with Crippen molar-refractivity contribution in [3.05, 3.63) is 62.6 Å². The lowest BCUT2D eigenvalue weighted by Gasteiger charge is -2.47. The summed E-state index contributed by atoms with van der Waals surface area (Å²) in [5.74, 6) is 0.160. The molecule has 0 saturated heterocycles. The summed E-state index contributed by atoms with van der Waals surface area (Å²) in [6.45, 7) is 9.90. The fraction of sp³-hybridized carbons (Fsp3) is 0.364. The van der Waals surface area contributed by atoms with E-state index >= 15 is 0 Å². The van der Waals surface area contributed by atoms with Crippen LogP contribution in [0.25, 0.3) is 0 Å². The molecule has 0 aromatic heterocycles. The SMILES string of the molecule is CCN1c2cc(Cl)c(/C=N\NC(=O)c3cccc(Br)c3)cc2C(C)CC1(C)C. The van der Waals surface area contributed by atoms with E-state index in [2.05, 4.69) is 65.1 Å². The molecule has 28 heavy (non-hydrogen) atoms. The van der Waals surface area contributed by atoms with Gasteiger partial charge in [0.25, 0.3) is 5.91 Å². The van der Waals surface area contributed by atoms with Crippen molar-refractivity contribution in [3.63, 3.8) is 0 Å². The van der Waals surface area contributed by atoms with Gasteiger partial charge in [0.2, 0.25) is 0 Å². The molecule has 4 nitrogen and oxygen atoms in total. The molecular weight excluding hydrogens is 438 g/mol. The monoisotopic (exact) mass is 461 g/mol. The second kappa shape index (κ2) is 8.26. The molecule has 1 aliphatic rings. The highest BCUT2D eigenvalue weighted by Crippen LogP contribution is 2.44. The summed E-state index contributed by atoms with van der Waals surface area (Å²) in [7, 11) is 0. The molecule has 0 fully saturated rings. The van der Waals surface area contributed by atoms with Crippen molar-refractivity contribution in [2.45, 2.75) is 45.6 Å². The lowest BCUT2D eigenvalue weighted by molar-refractivity contribution is 0.0955. The minimum atomic E-state index is -0.265. The molecule has 0 aliphatic carbocycles. The van der Waals surface area contributed by atoms with Crippen molar-refractivity contribution in [3.8, 4) is 0 Å². The van der Waals surface area contributed by atoms with Crippen LogP contribution < -0.4 is 10.3 Å². The van der Waals surface area contributed by atoms with Crippen molar-refractivity contribution < 1.29 is 4.79 Å². The Morgan fingerprint density at radius 1 is 1.39 bits per heavy atom. The third kappa shape index (κ3) is 4.26. The largest absolute Gasteiger partial charge is 0.366 e. The molecule has 1 N–H and O–H groups in total. The number of fused-ring (bicyclic) bond motifs is 1. The van der Waals surface area contributed by atoms with Crippen LogP contribution in [0.3, 0.4) is 0 Å². The fourth-order valence-corrected chi connectivity index (χ4v) is 4.68. The van der Waals surface area contributed by atoms with Gasteiger partial charge >= 0.3 is 0 Å². The third-order valence-electron chi connectivity index (χ3n) is 5.28. The number of hydrazone groups is 1. The van der Waals surface area contributed by atoms with Crippen molar-refractivity contribution >= 4 is 45.3 Å². The van der Waals surface area contributed by atoms with Crippen molar-refractivity contribution in [2.75, 3.05) is 11.4 Å². The minimum absolute atomic E-state index is 0.0953. The first-order valence-electron chi connectivity index (χ1n) is 9.43. The maximum absolute atomic E-state index is 12.2. The molecule has 0 radical (unpaired) electrons. The van der Waals surface area contributed by atoms with Crippen LogP contribution in [0.15, 0.2) is 46.0 Å². The van der Waals surface area contributed by atoms with E-state index < -0.39 is 0 Å². The van der Waals surface area contributed by atoms with Crippen molar-refractivity contribution in [1.29, 1.82) is 0 Å². The Bertz CT molecular complexity index is 926. The van der Waals surface area contributed by atoms with Crippen LogP contribution >= 0.6 is 27.5 Å². The van der Waals surface area contributed by atoms with Crippen LogP contribution in [-0.2, 0) is 0 Å². The zero-order chi connectivity index (χ0) is 20.5. The van der Waals surface area contributed by atoms with Crippen LogP contribution in [-0.4, -0.2) is 24.2 Å². The van der Waals surface area contributed by atoms with E-state index in [1.807, 2.05) is 18.2 Å². The smallest absolute Gasteiger partial charge is 0.271 e. The van der Waals surface area contributed by atoms with Gasteiger partial charge in [-0.15, -0.1) is 0 Å². The van der Waals surface area contributed by atoms with Crippen LogP contribution in [0.1, 0.15) is 61.5 Å². The second-order valence-corrected chi connectivity index (χ2v) is 9.13. The van der Waals surface area contributed by atoms with Gasteiger partial charge < -0.3 is 4.90 Å². The number of rotatable bonds is 4. The van der Waals surface area contributed by atoms with Gasteiger partial charge in [-0.05, 0) is 69.0 Å². The molecule has 0 bridgehead atoms. The highest BCUT2D eigenvalue weighted by molar-refractivity contribution is 9.10. The van der Waals surface area contributed by atoms with Crippen LogP contribution in [0.4, 0.5) is 5.69 Å². The van der Waals surface area contributed by atoms with E-state index in [1.54, 1.807) is 18.3 Å². The molecule has 1 unspecified atom stereocenters. The average Bonchev–Trinajstić information content (AvgIpc) is 2.62. The number of amides is 1. The van der Waals surface area contributed by atoms with Crippen LogP contribution in [0, 0.1) is 0 Å². The van der Waals surface area contributed by atoms with Gasteiger partial charge in [0.15, 0.2) is 0 Å². The van der Waals surface area contributed by atoms with Gasteiger partial charge in [0, 0.05) is 33.4 Å². The zero-order valence-corrected chi connectivity index (χ0v) is 18.9. The van der Waals surface area contributed by atoms with Gasteiger partial charge in [-0.1, -0.05) is 40.5 Å². The van der Waals surface area contributed by atoms with Crippen LogP contribution in [0.2, 0.25) is 5.02 Å². The number of nitrogens with zero attached hydrogens (tertiary/aromatic N) is 2. The van der Waals surface area contributed by atoms with E-state index in [0.29, 0.717) is 16.5 Å². The summed E-state index contributed by atoms with van der Waals surface area (Å²) in [6.07, 6.45) is 2.69. The summed E-state index contributed by atoms with van der Waals surface area (Å²) in [5.41, 5.74) is 6.46. The summed E-state index contributed by atoms with van der Waals surface area (Å²) in [6, 6.07) is 11.3. The molecule has 1 aliphatic heterocycles. The van der Waals surface area contributed by atoms with Gasteiger partial charge in [0.05, 0.1) is 11.2 Å². The lowest BCUT2D eigenvalue weighted by Crippen LogP contribution is -2.48.